The summed E-state index contributed by atoms with van der Waals surface area (Å²) < 4.78 is 29.4. The van der Waals surface area contributed by atoms with Gasteiger partial charge in [0.1, 0.15) is 0 Å². The van der Waals surface area contributed by atoms with Gasteiger partial charge in [-0.05, 0) is 106 Å². The molecule has 230 valence electrons. The van der Waals surface area contributed by atoms with Crippen molar-refractivity contribution in [3.8, 4) is 0 Å². The fourth-order valence-electron chi connectivity index (χ4n) is 4.60. The van der Waals surface area contributed by atoms with E-state index in [0.717, 1.165) is 36.9 Å². The van der Waals surface area contributed by atoms with Crippen molar-refractivity contribution in [2.75, 3.05) is 6.54 Å². The number of halogens is 3. The average molecular weight is 790 g/mol. The van der Waals surface area contributed by atoms with E-state index in [1.807, 2.05) is 66.7 Å². The zero-order valence-corrected chi connectivity index (χ0v) is 29.0. The number of thioether (sulfide) groups is 1. The van der Waals surface area contributed by atoms with Gasteiger partial charge < -0.3 is 5.11 Å². The number of pyridine rings is 1. The van der Waals surface area contributed by atoms with Crippen LogP contribution in [0.4, 0.5) is 0 Å². The van der Waals surface area contributed by atoms with Crippen molar-refractivity contribution >= 4 is 96.6 Å². The van der Waals surface area contributed by atoms with E-state index in [-0.39, 0.29) is 22.3 Å². The van der Waals surface area contributed by atoms with Crippen LogP contribution in [0.15, 0.2) is 102 Å². The zero-order valence-electron chi connectivity index (χ0n) is 23.7. The molecule has 0 bridgehead atoms. The molecule has 0 fully saturated rings. The van der Waals surface area contributed by atoms with Crippen molar-refractivity contribution in [2.45, 2.75) is 22.3 Å². The topological polar surface area (TPSA) is 96.4 Å². The SMILES string of the molecule is O=C(O)c1ccc(CSC(CCNS(=O)(=O)c2ccc(Cl)cc2)c2cccc(/C=C/c3ccc4ccc(Cl)cc4n3)c2)c(I)c1. The van der Waals surface area contributed by atoms with Crippen LogP contribution in [0.25, 0.3) is 23.1 Å². The van der Waals surface area contributed by atoms with Crippen molar-refractivity contribution in [3.05, 3.63) is 139 Å². The third-order valence-corrected chi connectivity index (χ3v) is 11.3. The van der Waals surface area contributed by atoms with Gasteiger partial charge in [-0.3, -0.25) is 0 Å². The number of carboxylic acids is 1. The van der Waals surface area contributed by atoms with Crippen molar-refractivity contribution < 1.29 is 18.3 Å². The number of nitrogens with one attached hydrogen (secondary N) is 1. The number of nitrogens with zero attached hydrogens (tertiary/aromatic N) is 1. The molecule has 5 rings (SSSR count). The predicted molar refractivity (Wildman–Crippen MR) is 194 cm³/mol. The summed E-state index contributed by atoms with van der Waals surface area (Å²) >= 11 is 15.9. The highest BCUT2D eigenvalue weighted by Crippen LogP contribution is 2.36. The Kier molecular flexibility index (Phi) is 11.2. The van der Waals surface area contributed by atoms with Gasteiger partial charge in [0.05, 0.1) is 21.7 Å². The molecule has 45 heavy (non-hydrogen) atoms. The lowest BCUT2D eigenvalue weighted by atomic mass is 10.1. The molecule has 0 aliphatic carbocycles. The Bertz CT molecular complexity index is 1990. The van der Waals surface area contributed by atoms with E-state index in [1.165, 1.54) is 12.1 Å². The quantitative estimate of drug-likeness (QED) is 0.122. The van der Waals surface area contributed by atoms with Gasteiger partial charge in [-0.25, -0.2) is 22.9 Å². The first-order valence-electron chi connectivity index (χ1n) is 13.8. The summed E-state index contributed by atoms with van der Waals surface area (Å²) in [5, 5.41) is 11.4. The Balaban J connectivity index is 1.35. The van der Waals surface area contributed by atoms with Crippen LogP contribution in [-0.2, 0) is 15.8 Å². The number of aromatic nitrogens is 1. The van der Waals surface area contributed by atoms with Gasteiger partial charge in [-0.1, -0.05) is 71.7 Å². The van der Waals surface area contributed by atoms with Crippen molar-refractivity contribution in [1.29, 1.82) is 0 Å². The molecule has 0 radical (unpaired) electrons. The molecule has 4 aromatic carbocycles. The molecular formula is C34H27Cl2IN2O4S2. The lowest BCUT2D eigenvalue weighted by Gasteiger charge is -2.19. The fourth-order valence-corrected chi connectivity index (χ4v) is 8.16. The maximum absolute atomic E-state index is 12.9. The third-order valence-electron chi connectivity index (χ3n) is 6.97. The molecule has 0 spiro atoms. The number of carbonyl (C=O) groups is 1. The maximum atomic E-state index is 12.9. The van der Waals surface area contributed by atoms with Crippen LogP contribution in [-0.4, -0.2) is 31.0 Å². The van der Waals surface area contributed by atoms with Gasteiger partial charge >= 0.3 is 5.97 Å². The van der Waals surface area contributed by atoms with E-state index in [2.05, 4.69) is 33.4 Å². The van der Waals surface area contributed by atoms with Gasteiger partial charge in [0.2, 0.25) is 10.0 Å². The molecule has 11 heteroatoms. The van der Waals surface area contributed by atoms with E-state index in [4.69, 9.17) is 28.2 Å². The van der Waals surface area contributed by atoms with Gasteiger partial charge in [0.25, 0.3) is 0 Å². The molecule has 1 aromatic heterocycles. The highest BCUT2D eigenvalue weighted by molar-refractivity contribution is 14.1. The van der Waals surface area contributed by atoms with Crippen molar-refractivity contribution in [1.82, 2.24) is 9.71 Å². The van der Waals surface area contributed by atoms with Crippen LogP contribution in [0.3, 0.4) is 0 Å². The largest absolute Gasteiger partial charge is 0.478 e. The van der Waals surface area contributed by atoms with E-state index in [9.17, 15) is 18.3 Å². The molecule has 0 amide bonds. The molecule has 0 saturated carbocycles. The number of hydrogen-bond donors (Lipinski definition) is 2. The summed E-state index contributed by atoms with van der Waals surface area (Å²) in [6, 6.07) is 28.9. The first kappa shape index (κ1) is 33.4. The van der Waals surface area contributed by atoms with Crippen LogP contribution in [0.2, 0.25) is 10.0 Å². The highest BCUT2D eigenvalue weighted by Gasteiger charge is 2.18. The number of fused-ring (bicyclic) bond motifs is 1. The van der Waals surface area contributed by atoms with Gasteiger partial charge in [0, 0.05) is 36.5 Å². The highest BCUT2D eigenvalue weighted by atomic mass is 127. The molecule has 0 aliphatic rings. The summed E-state index contributed by atoms with van der Waals surface area (Å²) in [5.41, 5.74) is 4.90. The number of benzene rings is 4. The molecular weight excluding hydrogens is 762 g/mol. The third kappa shape index (κ3) is 9.08. The Labute approximate surface area is 290 Å². The first-order chi connectivity index (χ1) is 21.6. The minimum absolute atomic E-state index is 0.0536. The van der Waals surface area contributed by atoms with Crippen LogP contribution < -0.4 is 4.72 Å². The second-order valence-electron chi connectivity index (χ2n) is 10.1. The van der Waals surface area contributed by atoms with Gasteiger partial charge in [-0.2, -0.15) is 0 Å². The van der Waals surface area contributed by atoms with E-state index < -0.39 is 16.0 Å². The van der Waals surface area contributed by atoms with Crippen LogP contribution in [0, 0.1) is 3.57 Å². The Morgan fingerprint density at radius 2 is 1.69 bits per heavy atom. The normalized spacial score (nSPS) is 12.5. The maximum Gasteiger partial charge on any atom is 0.335 e. The minimum atomic E-state index is -3.71. The smallest absolute Gasteiger partial charge is 0.335 e. The molecule has 1 heterocycles. The van der Waals surface area contributed by atoms with Gasteiger partial charge in [-0.15, -0.1) is 11.8 Å². The lowest BCUT2D eigenvalue weighted by Crippen LogP contribution is -2.25. The minimum Gasteiger partial charge on any atom is -0.478 e. The summed E-state index contributed by atoms with van der Waals surface area (Å²) in [5.74, 6) is -0.346. The van der Waals surface area contributed by atoms with Crippen LogP contribution >= 0.6 is 57.6 Å². The standard InChI is InChI=1S/C34H27Cl2IN2O4S2/c35-27-10-14-30(15-11-27)45(42,43)38-17-16-33(44-21-26-6-5-25(34(40)41)19-31(26)37)24-3-1-2-22(18-24)4-12-29-13-8-23-7-9-28(36)20-32(23)39-29/h1-15,18-20,33,38H,16-17,21H2,(H,40,41)/b12-4+. The second-order valence-corrected chi connectivity index (χ2v) is 15.1. The fraction of sp³-hybridized carbons (Fsp3) is 0.118. The summed E-state index contributed by atoms with van der Waals surface area (Å²) in [4.78, 5) is 16.3. The summed E-state index contributed by atoms with van der Waals surface area (Å²) in [6.45, 7) is 0.224. The lowest BCUT2D eigenvalue weighted by molar-refractivity contribution is 0.0696. The molecule has 1 atom stereocenters. The number of rotatable bonds is 12. The molecule has 2 N–H and O–H groups in total. The number of sulfonamides is 1. The van der Waals surface area contributed by atoms with E-state index in [0.29, 0.717) is 22.2 Å². The van der Waals surface area contributed by atoms with Crippen LogP contribution in [0.1, 0.15) is 44.4 Å². The molecule has 0 aliphatic heterocycles. The monoisotopic (exact) mass is 788 g/mol. The second kappa shape index (κ2) is 15.1. The van der Waals surface area contributed by atoms with Crippen molar-refractivity contribution in [3.63, 3.8) is 0 Å². The Morgan fingerprint density at radius 1 is 0.933 bits per heavy atom. The molecule has 0 saturated heterocycles. The number of carboxylic acid groups (broad SMARTS) is 1. The van der Waals surface area contributed by atoms with Crippen molar-refractivity contribution in [2.24, 2.45) is 0 Å². The van der Waals surface area contributed by atoms with E-state index >= 15 is 0 Å². The number of aromatic carboxylic acids is 1. The summed E-state index contributed by atoms with van der Waals surface area (Å²) in [7, 11) is -3.71. The van der Waals surface area contributed by atoms with E-state index in [1.54, 1.807) is 36.0 Å². The first-order valence-corrected chi connectivity index (χ1v) is 18.2. The average Bonchev–Trinajstić information content (AvgIpc) is 3.02. The van der Waals surface area contributed by atoms with Gasteiger partial charge in [0.15, 0.2) is 0 Å². The summed E-state index contributed by atoms with van der Waals surface area (Å²) in [6.07, 6.45) is 4.48. The predicted octanol–water partition coefficient (Wildman–Crippen LogP) is 9.36. The Hall–Kier alpha value is -2.93. The molecule has 5 aromatic rings. The Morgan fingerprint density at radius 3 is 2.44 bits per heavy atom. The van der Waals surface area contributed by atoms with Crippen LogP contribution in [0.5, 0.6) is 0 Å². The molecule has 1 unspecified atom stereocenters. The molecule has 6 nitrogen and oxygen atoms in total. The zero-order chi connectivity index (χ0) is 32.0. The number of hydrogen-bond acceptors (Lipinski definition) is 5.